The lowest BCUT2D eigenvalue weighted by molar-refractivity contribution is 0.668. The smallest absolute Gasteiger partial charge is 0.153 e. The summed E-state index contributed by atoms with van der Waals surface area (Å²) in [6, 6.07) is 63.1. The minimum absolute atomic E-state index is 0.446. The Labute approximate surface area is 529 Å². The van der Waals surface area contributed by atoms with Crippen molar-refractivity contribution in [2.75, 3.05) is 0 Å². The predicted molar refractivity (Wildman–Crippen MR) is 364 cm³/mol. The molecule has 0 spiro atoms. The van der Waals surface area contributed by atoms with E-state index in [-0.39, 0.29) is 0 Å². The number of rotatable bonds is 8. The molecule has 88 heavy (non-hydrogen) atoms. The summed E-state index contributed by atoms with van der Waals surface area (Å²) in [5.74, 6) is -4.56. The van der Waals surface area contributed by atoms with Crippen molar-refractivity contribution < 1.29 is 34.1 Å². The minimum Gasteiger partial charge on any atom is -0.455 e. The molecule has 16 aromatic rings. The molecular weight excluding hydrogens is 1080 g/mol. The highest BCUT2D eigenvalue weighted by Crippen LogP contribution is 2.40. The molecule has 0 N–H and O–H groups in total. The first-order chi connectivity index (χ1) is 47.6. The Morgan fingerprint density at radius 3 is 1.36 bits per heavy atom. The van der Waals surface area contributed by atoms with Crippen LogP contribution in [0.3, 0.4) is 0 Å². The first-order valence-corrected chi connectivity index (χ1v) is 29.1. The Hall–Kier alpha value is -10.4. The largest absolute Gasteiger partial charge is 0.455 e. The number of pyridine rings is 4. The van der Waals surface area contributed by atoms with Crippen LogP contribution >= 0.6 is 0 Å². The van der Waals surface area contributed by atoms with Gasteiger partial charge in [-0.1, -0.05) is 219 Å². The summed E-state index contributed by atoms with van der Waals surface area (Å²) < 4.78 is 118. The van der Waals surface area contributed by atoms with Crippen LogP contribution in [-0.2, 0) is 0 Å². The van der Waals surface area contributed by atoms with Crippen molar-refractivity contribution in [2.24, 2.45) is 0 Å². The molecular formula is C80H68N4O4. The van der Waals surface area contributed by atoms with Gasteiger partial charge >= 0.3 is 0 Å². The molecule has 0 saturated heterocycles. The van der Waals surface area contributed by atoms with Crippen molar-refractivity contribution in [1.82, 2.24) is 19.9 Å². The van der Waals surface area contributed by atoms with E-state index in [1.165, 1.54) is 26.3 Å². The topological polar surface area (TPSA) is 104 Å². The van der Waals surface area contributed by atoms with Crippen molar-refractivity contribution in [3.63, 3.8) is 0 Å². The molecule has 0 aliphatic rings. The van der Waals surface area contributed by atoms with Gasteiger partial charge in [-0.15, -0.1) is 0 Å². The Morgan fingerprint density at radius 2 is 0.750 bits per heavy atom. The van der Waals surface area contributed by atoms with Crippen LogP contribution in [0.25, 0.3) is 132 Å². The maximum absolute atomic E-state index is 8.33. The van der Waals surface area contributed by atoms with E-state index in [1.54, 1.807) is 85.6 Å². The van der Waals surface area contributed by atoms with Crippen LogP contribution in [0.15, 0.2) is 261 Å². The van der Waals surface area contributed by atoms with Crippen LogP contribution in [0.1, 0.15) is 117 Å². The first-order valence-electron chi connectivity index (χ1n) is 35.1. The molecule has 8 aromatic heterocycles. The third-order valence-corrected chi connectivity index (χ3v) is 15.8. The van der Waals surface area contributed by atoms with Gasteiger partial charge in [0.1, 0.15) is 39.0 Å². The molecule has 8 aromatic carbocycles. The lowest BCUT2D eigenvalue weighted by atomic mass is 9.96. The standard InChI is InChI=1S/4C20H17NO/c1-13(2)14-6-3-7-15(12-14)16-8-4-9-17-19-18(22-20(16)17)10-5-11-21-19;1-13(2)14-5-3-6-15(11-14)16-7-4-8-18-17-9-10-21-12-19(17)22-20(16)18;1-13(2)14-5-3-6-15(11-14)16-7-4-8-17-18-12-21-10-9-19(18)22-20(16)17;1-13(2)14-6-5-7-15(10-14)17-11-21-12-18-16-8-3-4-9-19(16)22-20(17)18/h4*3-13H,1-2H3/i3*1D3,13D;. The Morgan fingerprint density at radius 1 is 0.318 bits per heavy atom. The molecule has 8 heteroatoms. The highest BCUT2D eigenvalue weighted by Gasteiger charge is 2.18. The number of hydrogen-bond acceptors (Lipinski definition) is 8. The second-order valence-corrected chi connectivity index (χ2v) is 22.0. The first kappa shape index (κ1) is 44.1. The van der Waals surface area contributed by atoms with Gasteiger partial charge in [-0.25, -0.2) is 0 Å². The van der Waals surface area contributed by atoms with E-state index >= 15 is 0 Å². The molecule has 8 nitrogen and oxygen atoms in total. The van der Waals surface area contributed by atoms with Crippen LogP contribution in [0.2, 0.25) is 0 Å². The lowest BCUT2D eigenvalue weighted by Crippen LogP contribution is -1.88. The van der Waals surface area contributed by atoms with Crippen LogP contribution in [0, 0.1) is 0 Å². The van der Waals surface area contributed by atoms with E-state index < -0.39 is 38.2 Å². The summed E-state index contributed by atoms with van der Waals surface area (Å²) in [5.41, 5.74) is 16.9. The van der Waals surface area contributed by atoms with Gasteiger partial charge in [-0.05, 0) is 105 Å². The number of para-hydroxylation sites is 4. The monoisotopic (exact) mass is 1160 g/mol. The fraction of sp³-hybridized carbons (Fsp3) is 0.150. The van der Waals surface area contributed by atoms with Gasteiger partial charge in [-0.3, -0.25) is 19.9 Å². The molecule has 0 radical (unpaired) electrons. The van der Waals surface area contributed by atoms with Crippen molar-refractivity contribution >= 4 is 87.9 Å². The predicted octanol–water partition coefficient (Wildman–Crippen LogP) is 23.1. The molecule has 16 rings (SSSR count). The van der Waals surface area contributed by atoms with Gasteiger partial charge in [-0.2, -0.15) is 0 Å². The van der Waals surface area contributed by atoms with Crippen LogP contribution in [-0.4, -0.2) is 19.9 Å². The van der Waals surface area contributed by atoms with Crippen LogP contribution in [0.4, 0.5) is 0 Å². The van der Waals surface area contributed by atoms with E-state index in [2.05, 4.69) is 64.1 Å². The maximum atomic E-state index is 8.33. The van der Waals surface area contributed by atoms with Gasteiger partial charge < -0.3 is 17.7 Å². The zero-order valence-corrected chi connectivity index (χ0v) is 49.1. The summed E-state index contributed by atoms with van der Waals surface area (Å²) in [5, 5.41) is 6.97. The fourth-order valence-electron chi connectivity index (χ4n) is 11.3. The zero-order chi connectivity index (χ0) is 70.7. The van der Waals surface area contributed by atoms with Gasteiger partial charge in [0.25, 0.3) is 0 Å². The number of benzene rings is 8. The lowest BCUT2D eigenvalue weighted by Gasteiger charge is -2.08. The van der Waals surface area contributed by atoms with E-state index in [9.17, 15) is 0 Å². The molecule has 0 aliphatic carbocycles. The summed E-state index contributed by atoms with van der Waals surface area (Å²) in [4.78, 5) is 17.1. The second kappa shape index (κ2) is 24.5. The van der Waals surface area contributed by atoms with E-state index in [0.29, 0.717) is 39.4 Å². The van der Waals surface area contributed by atoms with Gasteiger partial charge in [0.05, 0.1) is 6.20 Å². The van der Waals surface area contributed by atoms with E-state index in [0.717, 1.165) is 116 Å². The van der Waals surface area contributed by atoms with Gasteiger partial charge in [0.2, 0.25) is 0 Å². The Bertz CT molecular complexity index is 5280. The minimum atomic E-state index is -2.42. The fourth-order valence-corrected chi connectivity index (χ4v) is 11.3. The number of nitrogens with zero attached hydrogens (tertiary/aromatic N) is 4. The second-order valence-electron chi connectivity index (χ2n) is 22.0. The maximum Gasteiger partial charge on any atom is 0.153 e. The average molecular weight is 1160 g/mol. The van der Waals surface area contributed by atoms with E-state index in [1.807, 2.05) is 128 Å². The summed E-state index contributed by atoms with van der Waals surface area (Å²) in [6.45, 7) is 1.44. The third-order valence-electron chi connectivity index (χ3n) is 15.8. The molecule has 0 bridgehead atoms. The summed E-state index contributed by atoms with van der Waals surface area (Å²) in [6.07, 6.45) is 12.4. The molecule has 3 unspecified atom stereocenters. The third kappa shape index (κ3) is 11.2. The average Bonchev–Trinajstić information content (AvgIpc) is 1.61. The molecule has 3 atom stereocenters. The molecule has 432 valence electrons. The van der Waals surface area contributed by atoms with Crippen LogP contribution < -0.4 is 0 Å². The normalized spacial score (nSPS) is 16.0. The Kier molecular flexibility index (Phi) is 12.3. The summed E-state index contributed by atoms with van der Waals surface area (Å²) in [7, 11) is 0. The summed E-state index contributed by atoms with van der Waals surface area (Å²) >= 11 is 0. The quantitative estimate of drug-likeness (QED) is 0.148. The highest BCUT2D eigenvalue weighted by molar-refractivity contribution is 6.12. The van der Waals surface area contributed by atoms with E-state index in [4.69, 9.17) is 34.1 Å². The van der Waals surface area contributed by atoms with Crippen molar-refractivity contribution in [3.05, 3.63) is 266 Å². The zero-order valence-electron chi connectivity index (χ0n) is 61.1. The molecule has 8 heterocycles. The van der Waals surface area contributed by atoms with Gasteiger partial charge in [0, 0.05) is 114 Å². The number of hydrogen-bond donors (Lipinski definition) is 0. The molecule has 0 fully saturated rings. The number of furan rings is 4. The van der Waals surface area contributed by atoms with Gasteiger partial charge in [0.15, 0.2) is 11.2 Å². The highest BCUT2D eigenvalue weighted by atomic mass is 16.3. The SMILES string of the molecule is CC(C)c1cccc(-c2cncc3c2oc2ccccc23)c1.[2H]C([2H])([2H])C([2H])(C)c1cccc(-c2cccc3c2oc2cccnc23)c1.[2H]C([2H])([2H])C([2H])(C)c1cccc(-c2cccc3c2oc2ccncc23)c1.[2H]C([2H])([2H])C([2H])(C)c1cccc(-c2cccc3c2oc2cnccc23)c1. The van der Waals surface area contributed by atoms with Crippen molar-refractivity contribution in [2.45, 2.75) is 78.8 Å². The number of fused-ring (bicyclic) bond motifs is 12. The number of aromatic nitrogens is 4. The molecule has 0 aliphatic heterocycles. The van der Waals surface area contributed by atoms with Crippen molar-refractivity contribution in [1.29, 1.82) is 0 Å². The molecule has 0 saturated carbocycles. The van der Waals surface area contributed by atoms with Crippen molar-refractivity contribution in [3.8, 4) is 44.5 Å². The molecule has 0 amide bonds. The Balaban J connectivity index is 0.000000120. The van der Waals surface area contributed by atoms with Crippen LogP contribution in [0.5, 0.6) is 0 Å².